The SMILES string of the molecule is C[C@H]1CCc2ncc(F)cc2[C@H]2CC(F)CN2c2ccn3nc(N)c(c3n2)C(=O)N1. The van der Waals surface area contributed by atoms with E-state index in [1.807, 2.05) is 6.92 Å². The quantitative estimate of drug-likeness (QED) is 0.586. The van der Waals surface area contributed by atoms with E-state index >= 15 is 0 Å². The summed E-state index contributed by atoms with van der Waals surface area (Å²) in [6, 6.07) is 2.53. The van der Waals surface area contributed by atoms with Gasteiger partial charge in [-0.05, 0) is 37.5 Å². The van der Waals surface area contributed by atoms with E-state index in [0.29, 0.717) is 35.6 Å². The highest BCUT2D eigenvalue weighted by Gasteiger charge is 2.36. The molecule has 5 heterocycles. The van der Waals surface area contributed by atoms with E-state index in [0.717, 1.165) is 0 Å². The molecule has 0 aromatic carbocycles. The van der Waals surface area contributed by atoms with Gasteiger partial charge in [-0.15, -0.1) is 5.10 Å². The fraction of sp³-hybridized carbons (Fsp3) is 0.400. The molecule has 3 aromatic heterocycles. The molecule has 0 aliphatic carbocycles. The van der Waals surface area contributed by atoms with Gasteiger partial charge in [0.1, 0.15) is 23.4 Å². The van der Waals surface area contributed by atoms with Crippen LogP contribution in [0.1, 0.15) is 47.4 Å². The number of nitrogens with zero attached hydrogens (tertiary/aromatic N) is 5. The van der Waals surface area contributed by atoms with Crippen LogP contribution < -0.4 is 16.0 Å². The minimum atomic E-state index is -1.09. The molecular weight excluding hydrogens is 392 g/mol. The summed E-state index contributed by atoms with van der Waals surface area (Å²) in [5.41, 5.74) is 7.84. The van der Waals surface area contributed by atoms with Crippen molar-refractivity contribution in [3.05, 3.63) is 47.2 Å². The monoisotopic (exact) mass is 413 g/mol. The van der Waals surface area contributed by atoms with Crippen molar-refractivity contribution in [1.29, 1.82) is 0 Å². The molecule has 30 heavy (non-hydrogen) atoms. The fourth-order valence-corrected chi connectivity index (χ4v) is 4.35. The third kappa shape index (κ3) is 3.03. The first-order valence-electron chi connectivity index (χ1n) is 9.91. The third-order valence-corrected chi connectivity index (χ3v) is 5.79. The molecule has 3 N–H and O–H groups in total. The zero-order valence-electron chi connectivity index (χ0n) is 16.3. The Kier molecular flexibility index (Phi) is 4.30. The Morgan fingerprint density at radius 3 is 3.03 bits per heavy atom. The molecule has 2 aliphatic rings. The molecule has 3 aromatic rings. The fourth-order valence-electron chi connectivity index (χ4n) is 4.35. The van der Waals surface area contributed by atoms with Gasteiger partial charge in [0.25, 0.3) is 5.91 Å². The number of hydrogen-bond donors (Lipinski definition) is 2. The number of halogens is 2. The predicted molar refractivity (Wildman–Crippen MR) is 106 cm³/mol. The first kappa shape index (κ1) is 18.7. The molecule has 3 atom stereocenters. The predicted octanol–water partition coefficient (Wildman–Crippen LogP) is 2.20. The molecule has 8 nitrogen and oxygen atoms in total. The number of nitrogen functional groups attached to an aromatic ring is 1. The Morgan fingerprint density at radius 1 is 1.37 bits per heavy atom. The van der Waals surface area contributed by atoms with Crippen molar-refractivity contribution >= 4 is 23.2 Å². The van der Waals surface area contributed by atoms with Crippen molar-refractivity contribution < 1.29 is 13.6 Å². The lowest BCUT2D eigenvalue weighted by molar-refractivity contribution is 0.0940. The van der Waals surface area contributed by atoms with Crippen LogP contribution in [0.2, 0.25) is 0 Å². The Balaban J connectivity index is 1.72. The zero-order valence-corrected chi connectivity index (χ0v) is 16.3. The van der Waals surface area contributed by atoms with E-state index in [1.165, 1.54) is 16.8 Å². The summed E-state index contributed by atoms with van der Waals surface area (Å²) >= 11 is 0. The van der Waals surface area contributed by atoms with Gasteiger partial charge in [0.05, 0.1) is 18.8 Å². The average Bonchev–Trinajstić information content (AvgIpc) is 3.24. The summed E-state index contributed by atoms with van der Waals surface area (Å²) in [7, 11) is 0. The maximum atomic E-state index is 14.5. The maximum Gasteiger partial charge on any atom is 0.259 e. The van der Waals surface area contributed by atoms with Crippen LogP contribution in [0.25, 0.3) is 5.65 Å². The second-order valence-corrected chi connectivity index (χ2v) is 7.92. The molecule has 1 unspecified atom stereocenters. The number of rotatable bonds is 0. The molecular formula is C20H21F2N7O. The minimum absolute atomic E-state index is 0.0765. The highest BCUT2D eigenvalue weighted by atomic mass is 19.1. The van der Waals surface area contributed by atoms with Gasteiger partial charge in [-0.25, -0.2) is 18.3 Å². The summed E-state index contributed by atoms with van der Waals surface area (Å²) in [5, 5.41) is 7.10. The second kappa shape index (κ2) is 6.89. The Morgan fingerprint density at radius 2 is 2.20 bits per heavy atom. The normalized spacial score (nSPS) is 24.0. The number of nitrogens with one attached hydrogen (secondary N) is 1. The van der Waals surface area contributed by atoms with Gasteiger partial charge < -0.3 is 16.0 Å². The van der Waals surface area contributed by atoms with Gasteiger partial charge in [0.15, 0.2) is 11.5 Å². The van der Waals surface area contributed by atoms with E-state index in [2.05, 4.69) is 20.4 Å². The molecule has 0 saturated carbocycles. The highest BCUT2D eigenvalue weighted by molar-refractivity contribution is 6.04. The lowest BCUT2D eigenvalue weighted by Crippen LogP contribution is -2.33. The zero-order chi connectivity index (χ0) is 21.0. The second-order valence-electron chi connectivity index (χ2n) is 7.92. The van der Waals surface area contributed by atoms with Crippen LogP contribution in [0.3, 0.4) is 0 Å². The van der Waals surface area contributed by atoms with Crippen LogP contribution in [0.15, 0.2) is 24.5 Å². The molecule has 1 amide bonds. The van der Waals surface area contributed by atoms with Crippen molar-refractivity contribution in [1.82, 2.24) is 24.9 Å². The molecule has 156 valence electrons. The van der Waals surface area contributed by atoms with Crippen LogP contribution in [0, 0.1) is 5.82 Å². The number of carbonyl (C=O) groups is 1. The summed E-state index contributed by atoms with van der Waals surface area (Å²) in [4.78, 5) is 23.6. The Bertz CT molecular complexity index is 1150. The van der Waals surface area contributed by atoms with Gasteiger partial charge in [0, 0.05) is 24.4 Å². The van der Waals surface area contributed by atoms with Crippen molar-refractivity contribution in [2.24, 2.45) is 0 Å². The summed E-state index contributed by atoms with van der Waals surface area (Å²) < 4.78 is 30.1. The third-order valence-electron chi connectivity index (χ3n) is 5.79. The van der Waals surface area contributed by atoms with E-state index in [4.69, 9.17) is 5.73 Å². The largest absolute Gasteiger partial charge is 0.381 e. The average molecular weight is 413 g/mol. The van der Waals surface area contributed by atoms with E-state index < -0.39 is 18.0 Å². The standard InChI is InChI=1S/C20H21F2N7O/c1-10-2-3-14-13(6-11(21)8-24-14)15-7-12(22)9-28(15)16-4-5-29-19(26-16)17(18(23)27-29)20(30)25-10/h4-6,8,10,12,15H,2-3,7,9H2,1H3,(H2,23,27)(H,25,30)/t10-,12?,15+/m0/s1. The van der Waals surface area contributed by atoms with Crippen molar-refractivity contribution in [3.63, 3.8) is 0 Å². The maximum absolute atomic E-state index is 14.5. The molecule has 2 bridgehead atoms. The smallest absolute Gasteiger partial charge is 0.259 e. The van der Waals surface area contributed by atoms with Crippen molar-refractivity contribution in [3.8, 4) is 0 Å². The molecule has 1 fully saturated rings. The first-order chi connectivity index (χ1) is 14.4. The van der Waals surface area contributed by atoms with Crippen molar-refractivity contribution in [2.45, 2.75) is 44.4 Å². The van der Waals surface area contributed by atoms with Gasteiger partial charge in [0.2, 0.25) is 0 Å². The number of pyridine rings is 1. The van der Waals surface area contributed by atoms with Crippen LogP contribution in [-0.4, -0.2) is 44.2 Å². The van der Waals surface area contributed by atoms with Crippen LogP contribution in [0.4, 0.5) is 20.4 Å². The number of amides is 1. The summed E-state index contributed by atoms with van der Waals surface area (Å²) in [6.07, 6.45) is 3.04. The number of carbonyl (C=O) groups excluding carboxylic acids is 1. The molecule has 5 rings (SSSR count). The van der Waals surface area contributed by atoms with E-state index in [-0.39, 0.29) is 36.3 Å². The number of fused-ring (bicyclic) bond motifs is 5. The van der Waals surface area contributed by atoms with Crippen LogP contribution in [-0.2, 0) is 6.42 Å². The Labute approximate surface area is 171 Å². The van der Waals surface area contributed by atoms with Crippen LogP contribution in [0.5, 0.6) is 0 Å². The van der Waals surface area contributed by atoms with Gasteiger partial charge in [-0.3, -0.25) is 9.78 Å². The molecule has 0 spiro atoms. The molecule has 0 radical (unpaired) electrons. The minimum Gasteiger partial charge on any atom is -0.381 e. The topological polar surface area (TPSA) is 101 Å². The molecule has 10 heteroatoms. The number of aryl methyl sites for hydroxylation is 1. The molecule has 1 saturated heterocycles. The number of anilines is 2. The van der Waals surface area contributed by atoms with E-state index in [1.54, 1.807) is 17.2 Å². The lowest BCUT2D eigenvalue weighted by Gasteiger charge is -2.27. The summed E-state index contributed by atoms with van der Waals surface area (Å²) in [5.74, 6) is -0.278. The number of nitrogens with two attached hydrogens (primary N) is 1. The van der Waals surface area contributed by atoms with E-state index in [9.17, 15) is 13.6 Å². The van der Waals surface area contributed by atoms with Gasteiger partial charge >= 0.3 is 0 Å². The van der Waals surface area contributed by atoms with Crippen molar-refractivity contribution in [2.75, 3.05) is 17.2 Å². The first-order valence-corrected chi connectivity index (χ1v) is 9.91. The number of hydrogen-bond acceptors (Lipinski definition) is 6. The number of aromatic nitrogens is 4. The molecule has 2 aliphatic heterocycles. The van der Waals surface area contributed by atoms with Gasteiger partial charge in [-0.1, -0.05) is 0 Å². The summed E-state index contributed by atoms with van der Waals surface area (Å²) in [6.45, 7) is 1.99. The lowest BCUT2D eigenvalue weighted by atomic mass is 9.98. The number of alkyl halides is 1. The van der Waals surface area contributed by atoms with Gasteiger partial charge in [-0.2, -0.15) is 0 Å². The van der Waals surface area contributed by atoms with Crippen LogP contribution >= 0.6 is 0 Å². The Hall–Kier alpha value is -3.30. The highest BCUT2D eigenvalue weighted by Crippen LogP contribution is 2.38.